The summed E-state index contributed by atoms with van der Waals surface area (Å²) in [6, 6.07) is 12.3. The minimum atomic E-state index is -3.81. The standard InChI is InChI=1S/C22H28N4O6S/c1-25(2)22(29)16-9-11-17(12-10-16)26(33(4,30)31)15-20(27)24-19-8-6-5-7-18(19)21(28)23-13-14-32-3/h5-12H,13-15H2,1-4H3,(H,23,28)(H,24,27). The number of hydrogen-bond donors (Lipinski definition) is 2. The topological polar surface area (TPSA) is 125 Å². The number of methoxy groups -OCH3 is 1. The van der Waals surface area contributed by atoms with Crippen LogP contribution in [0.1, 0.15) is 20.7 Å². The zero-order chi connectivity index (χ0) is 24.6. The van der Waals surface area contributed by atoms with Gasteiger partial charge in [0.1, 0.15) is 6.54 Å². The van der Waals surface area contributed by atoms with Crippen LogP contribution in [0.2, 0.25) is 0 Å². The van der Waals surface area contributed by atoms with Crippen molar-refractivity contribution in [2.75, 3.05) is 56.8 Å². The molecule has 0 heterocycles. The third-order valence-electron chi connectivity index (χ3n) is 4.53. The quantitative estimate of drug-likeness (QED) is 0.496. The van der Waals surface area contributed by atoms with Crippen LogP contribution in [-0.2, 0) is 19.6 Å². The first-order valence-corrected chi connectivity index (χ1v) is 11.8. The Hall–Kier alpha value is -3.44. The van der Waals surface area contributed by atoms with Crippen molar-refractivity contribution in [2.45, 2.75) is 0 Å². The lowest BCUT2D eigenvalue weighted by molar-refractivity contribution is -0.114. The Morgan fingerprint density at radius 2 is 1.64 bits per heavy atom. The Kier molecular flexibility index (Phi) is 8.94. The van der Waals surface area contributed by atoms with Crippen LogP contribution in [0.15, 0.2) is 48.5 Å². The van der Waals surface area contributed by atoms with E-state index >= 15 is 0 Å². The van der Waals surface area contributed by atoms with E-state index in [1.54, 1.807) is 38.4 Å². The number of ether oxygens (including phenoxy) is 1. The van der Waals surface area contributed by atoms with Gasteiger partial charge in [-0.25, -0.2) is 8.42 Å². The van der Waals surface area contributed by atoms with Gasteiger partial charge in [0.2, 0.25) is 15.9 Å². The molecule has 0 atom stereocenters. The number of rotatable bonds is 10. The highest BCUT2D eigenvalue weighted by Crippen LogP contribution is 2.20. The summed E-state index contributed by atoms with van der Waals surface area (Å²) >= 11 is 0. The number of nitrogens with zero attached hydrogens (tertiary/aromatic N) is 2. The molecule has 0 unspecified atom stereocenters. The summed E-state index contributed by atoms with van der Waals surface area (Å²) < 4.78 is 30.6. The summed E-state index contributed by atoms with van der Waals surface area (Å²) in [5, 5.41) is 5.27. The predicted molar refractivity (Wildman–Crippen MR) is 126 cm³/mol. The molecule has 11 heteroatoms. The molecule has 0 saturated carbocycles. The van der Waals surface area contributed by atoms with E-state index in [1.165, 1.54) is 36.3 Å². The molecule has 0 aliphatic carbocycles. The van der Waals surface area contributed by atoms with Gasteiger partial charge < -0.3 is 20.3 Å². The molecular weight excluding hydrogens is 448 g/mol. The SMILES string of the molecule is COCCNC(=O)c1ccccc1NC(=O)CN(c1ccc(C(=O)N(C)C)cc1)S(C)(=O)=O. The Balaban J connectivity index is 2.20. The lowest BCUT2D eigenvalue weighted by atomic mass is 10.1. The molecule has 3 amide bonds. The highest BCUT2D eigenvalue weighted by molar-refractivity contribution is 7.92. The number of carbonyl (C=O) groups is 3. The van der Waals surface area contributed by atoms with Gasteiger partial charge in [0.15, 0.2) is 0 Å². The molecule has 2 aromatic rings. The van der Waals surface area contributed by atoms with Gasteiger partial charge in [-0.05, 0) is 36.4 Å². The Labute approximate surface area is 193 Å². The maximum Gasteiger partial charge on any atom is 0.253 e. The fourth-order valence-corrected chi connectivity index (χ4v) is 3.76. The number of sulfonamides is 1. The third-order valence-corrected chi connectivity index (χ3v) is 5.67. The molecule has 0 aromatic heterocycles. The second-order valence-corrected chi connectivity index (χ2v) is 9.27. The molecule has 2 N–H and O–H groups in total. The van der Waals surface area contributed by atoms with Crippen molar-refractivity contribution in [3.05, 3.63) is 59.7 Å². The van der Waals surface area contributed by atoms with Gasteiger partial charge in [0, 0.05) is 33.3 Å². The van der Waals surface area contributed by atoms with Crippen LogP contribution in [0.4, 0.5) is 11.4 Å². The summed E-state index contributed by atoms with van der Waals surface area (Å²) in [4.78, 5) is 38.6. The fourth-order valence-electron chi connectivity index (χ4n) is 2.90. The summed E-state index contributed by atoms with van der Waals surface area (Å²) in [5.74, 6) is -1.26. The molecule has 0 saturated heterocycles. The molecule has 0 radical (unpaired) electrons. The average Bonchev–Trinajstić information content (AvgIpc) is 2.76. The maximum absolute atomic E-state index is 12.7. The number of para-hydroxylation sites is 1. The first-order chi connectivity index (χ1) is 15.5. The molecular formula is C22H28N4O6S. The van der Waals surface area contributed by atoms with E-state index in [9.17, 15) is 22.8 Å². The van der Waals surface area contributed by atoms with Crippen LogP contribution >= 0.6 is 0 Å². The van der Waals surface area contributed by atoms with Crippen molar-refractivity contribution in [3.63, 3.8) is 0 Å². The summed E-state index contributed by atoms with van der Waals surface area (Å²) in [5.41, 5.74) is 1.10. The van der Waals surface area contributed by atoms with Crippen LogP contribution in [0, 0.1) is 0 Å². The van der Waals surface area contributed by atoms with Crippen LogP contribution in [0.3, 0.4) is 0 Å². The second kappa shape index (κ2) is 11.4. The van der Waals surface area contributed by atoms with E-state index in [-0.39, 0.29) is 22.8 Å². The zero-order valence-corrected chi connectivity index (χ0v) is 19.8. The molecule has 2 rings (SSSR count). The smallest absolute Gasteiger partial charge is 0.253 e. The van der Waals surface area contributed by atoms with Crippen LogP contribution < -0.4 is 14.9 Å². The van der Waals surface area contributed by atoms with E-state index in [0.29, 0.717) is 18.7 Å². The summed E-state index contributed by atoms with van der Waals surface area (Å²) in [6.45, 7) is 0.119. The molecule has 10 nitrogen and oxygen atoms in total. The number of carbonyl (C=O) groups excluding carboxylic acids is 3. The van der Waals surface area contributed by atoms with Crippen LogP contribution in [0.5, 0.6) is 0 Å². The average molecular weight is 477 g/mol. The van der Waals surface area contributed by atoms with Crippen molar-refractivity contribution >= 4 is 39.1 Å². The maximum atomic E-state index is 12.7. The van der Waals surface area contributed by atoms with Crippen molar-refractivity contribution in [1.29, 1.82) is 0 Å². The van der Waals surface area contributed by atoms with E-state index in [0.717, 1.165) is 10.6 Å². The number of anilines is 2. The summed E-state index contributed by atoms with van der Waals surface area (Å²) in [6.07, 6.45) is 0.982. The Morgan fingerprint density at radius 1 is 1.00 bits per heavy atom. The van der Waals surface area contributed by atoms with Gasteiger partial charge in [0.25, 0.3) is 11.8 Å². The summed E-state index contributed by atoms with van der Waals surface area (Å²) in [7, 11) is 0.924. The van der Waals surface area contributed by atoms with E-state index in [4.69, 9.17) is 4.74 Å². The minimum Gasteiger partial charge on any atom is -0.383 e. The Morgan fingerprint density at radius 3 is 2.21 bits per heavy atom. The van der Waals surface area contributed by atoms with Crippen molar-refractivity contribution in [1.82, 2.24) is 10.2 Å². The van der Waals surface area contributed by atoms with Crippen molar-refractivity contribution in [2.24, 2.45) is 0 Å². The van der Waals surface area contributed by atoms with Gasteiger partial charge >= 0.3 is 0 Å². The number of nitrogens with one attached hydrogen (secondary N) is 2. The van der Waals surface area contributed by atoms with Gasteiger partial charge in [-0.15, -0.1) is 0 Å². The number of benzene rings is 2. The van der Waals surface area contributed by atoms with E-state index < -0.39 is 28.4 Å². The van der Waals surface area contributed by atoms with Crippen molar-refractivity contribution < 1.29 is 27.5 Å². The lowest BCUT2D eigenvalue weighted by Crippen LogP contribution is -2.38. The second-order valence-electron chi connectivity index (χ2n) is 7.36. The van der Waals surface area contributed by atoms with E-state index in [1.807, 2.05) is 0 Å². The molecule has 178 valence electrons. The highest BCUT2D eigenvalue weighted by Gasteiger charge is 2.22. The van der Waals surface area contributed by atoms with Crippen molar-refractivity contribution in [3.8, 4) is 0 Å². The number of amides is 3. The van der Waals surface area contributed by atoms with Gasteiger partial charge in [0.05, 0.1) is 29.8 Å². The lowest BCUT2D eigenvalue weighted by Gasteiger charge is -2.22. The Bertz CT molecular complexity index is 1100. The molecule has 33 heavy (non-hydrogen) atoms. The highest BCUT2D eigenvalue weighted by atomic mass is 32.2. The predicted octanol–water partition coefficient (Wildman–Crippen LogP) is 1.17. The fraction of sp³-hybridized carbons (Fsp3) is 0.318. The van der Waals surface area contributed by atoms with Gasteiger partial charge in [-0.1, -0.05) is 12.1 Å². The first kappa shape index (κ1) is 25.8. The monoisotopic (exact) mass is 476 g/mol. The largest absolute Gasteiger partial charge is 0.383 e. The molecule has 0 aliphatic rings. The van der Waals surface area contributed by atoms with Gasteiger partial charge in [-0.3, -0.25) is 18.7 Å². The molecule has 0 aliphatic heterocycles. The molecule has 2 aromatic carbocycles. The third kappa shape index (κ3) is 7.29. The number of hydrogen-bond acceptors (Lipinski definition) is 6. The first-order valence-electron chi connectivity index (χ1n) is 10.00. The molecule has 0 spiro atoms. The molecule has 0 fully saturated rings. The van der Waals surface area contributed by atoms with Crippen LogP contribution in [-0.4, -0.2) is 78.2 Å². The molecule has 0 bridgehead atoms. The minimum absolute atomic E-state index is 0.230. The zero-order valence-electron chi connectivity index (χ0n) is 19.0. The normalized spacial score (nSPS) is 10.9. The van der Waals surface area contributed by atoms with E-state index in [2.05, 4.69) is 10.6 Å². The van der Waals surface area contributed by atoms with Gasteiger partial charge in [-0.2, -0.15) is 0 Å². The van der Waals surface area contributed by atoms with Crippen LogP contribution in [0.25, 0.3) is 0 Å².